The van der Waals surface area contributed by atoms with Gasteiger partial charge in [0.25, 0.3) is 0 Å². The smallest absolute Gasteiger partial charge is 0.405 e. The Morgan fingerprint density at radius 3 is 2.69 bits per heavy atom. The van der Waals surface area contributed by atoms with Gasteiger partial charge in [0, 0.05) is 44.0 Å². The summed E-state index contributed by atoms with van der Waals surface area (Å²) in [7, 11) is 0. The van der Waals surface area contributed by atoms with Crippen LogP contribution in [0.15, 0.2) is 18.3 Å². The molecule has 2 aliphatic rings. The predicted octanol–water partition coefficient (Wildman–Crippen LogP) is 4.02. The van der Waals surface area contributed by atoms with Gasteiger partial charge in [-0.3, -0.25) is 4.98 Å². The first-order valence-corrected chi connectivity index (χ1v) is 12.4. The van der Waals surface area contributed by atoms with Crippen molar-refractivity contribution in [2.75, 3.05) is 11.5 Å². The van der Waals surface area contributed by atoms with Gasteiger partial charge in [-0.25, -0.2) is 9.59 Å². The predicted molar refractivity (Wildman–Crippen MR) is 122 cm³/mol. The van der Waals surface area contributed by atoms with Crippen molar-refractivity contribution in [1.29, 1.82) is 0 Å². The van der Waals surface area contributed by atoms with Crippen molar-refractivity contribution in [1.82, 2.24) is 10.3 Å². The number of esters is 1. The van der Waals surface area contributed by atoms with Crippen molar-refractivity contribution >= 4 is 23.8 Å². The van der Waals surface area contributed by atoms with Gasteiger partial charge in [0.2, 0.25) is 5.79 Å². The van der Waals surface area contributed by atoms with Crippen LogP contribution < -0.4 is 10.1 Å². The molecule has 178 valence electrons. The molecule has 2 N–H and O–H groups in total. The quantitative estimate of drug-likeness (QED) is 0.526. The molecule has 1 aromatic rings. The summed E-state index contributed by atoms with van der Waals surface area (Å²) in [4.78, 5) is 29.0. The van der Waals surface area contributed by atoms with E-state index in [9.17, 15) is 14.7 Å². The van der Waals surface area contributed by atoms with Gasteiger partial charge in [-0.05, 0) is 43.4 Å². The number of ether oxygens (including phenoxy) is 3. The van der Waals surface area contributed by atoms with Crippen LogP contribution in [-0.4, -0.2) is 57.2 Å². The van der Waals surface area contributed by atoms with E-state index in [0.29, 0.717) is 17.2 Å². The minimum atomic E-state index is -1.52. The van der Waals surface area contributed by atoms with E-state index in [4.69, 9.17) is 14.2 Å². The molecule has 1 aliphatic carbocycles. The average Bonchev–Trinajstić information content (AvgIpc) is 2.95. The Hall–Kier alpha value is -2.00. The number of hydrogen-bond acceptors (Lipinski definition) is 7. The molecule has 1 saturated heterocycles. The van der Waals surface area contributed by atoms with Crippen molar-refractivity contribution in [3.8, 4) is 5.75 Å². The number of pyridine rings is 1. The van der Waals surface area contributed by atoms with Gasteiger partial charge in [-0.1, -0.05) is 13.8 Å². The van der Waals surface area contributed by atoms with E-state index in [2.05, 4.69) is 17.2 Å². The zero-order valence-corrected chi connectivity index (χ0v) is 20.1. The van der Waals surface area contributed by atoms with Gasteiger partial charge in [-0.15, -0.1) is 0 Å². The normalized spacial score (nSPS) is 28.1. The van der Waals surface area contributed by atoms with Gasteiger partial charge >= 0.3 is 12.1 Å². The lowest BCUT2D eigenvalue weighted by molar-refractivity contribution is -0.169. The Labute approximate surface area is 193 Å². The SMILES string of the molecule is CCSCC(NC(=O)O)[C@@]1(Cc2cc(O[C@H]3CC[C@H](C)CC3)ccn2)OC(C)(C)OC1=O. The molecule has 32 heavy (non-hydrogen) atoms. The third-order valence-corrected chi connectivity index (χ3v) is 6.94. The fraction of sp³-hybridized carbons (Fsp3) is 0.696. The van der Waals surface area contributed by atoms with Crippen LogP contribution in [0.3, 0.4) is 0 Å². The maximum absolute atomic E-state index is 13.1. The molecule has 0 aromatic carbocycles. The summed E-state index contributed by atoms with van der Waals surface area (Å²) in [6, 6.07) is 2.82. The van der Waals surface area contributed by atoms with Crippen molar-refractivity contribution in [3.63, 3.8) is 0 Å². The number of cyclic esters (lactones) is 1. The monoisotopic (exact) mass is 466 g/mol. The standard InChI is InChI=1S/C23H34N2O6S/c1-5-32-14-19(25-21(27)28)23(20(26)30-22(3,4)31-23)13-16-12-18(10-11-24-16)29-17-8-6-15(2)7-9-17/h10-12,15,17,19,25H,5-9,13-14H2,1-4H3,(H,27,28)/t15-,17-,19?,23-/m1/s1. The Balaban J connectivity index is 1.85. The number of nitrogens with one attached hydrogen (secondary N) is 1. The average molecular weight is 467 g/mol. The minimum Gasteiger partial charge on any atom is -0.490 e. The van der Waals surface area contributed by atoms with Crippen LogP contribution in [0.2, 0.25) is 0 Å². The van der Waals surface area contributed by atoms with Crippen LogP contribution in [0.1, 0.15) is 59.1 Å². The van der Waals surface area contributed by atoms with Gasteiger partial charge in [0.05, 0.1) is 12.1 Å². The number of thioether (sulfide) groups is 1. The van der Waals surface area contributed by atoms with Crippen LogP contribution in [0, 0.1) is 5.92 Å². The summed E-state index contributed by atoms with van der Waals surface area (Å²) >= 11 is 1.52. The molecular weight excluding hydrogens is 432 g/mol. The second kappa shape index (κ2) is 10.3. The molecule has 9 heteroatoms. The van der Waals surface area contributed by atoms with Crippen molar-refractivity contribution in [2.45, 2.75) is 83.3 Å². The highest BCUT2D eigenvalue weighted by atomic mass is 32.2. The molecule has 0 spiro atoms. The topological polar surface area (TPSA) is 107 Å². The molecule has 8 nitrogen and oxygen atoms in total. The van der Waals surface area contributed by atoms with E-state index >= 15 is 0 Å². The Morgan fingerprint density at radius 2 is 2.09 bits per heavy atom. The number of nitrogens with zero attached hydrogens (tertiary/aromatic N) is 1. The first kappa shape index (κ1) is 24.6. The molecule has 1 saturated carbocycles. The Kier molecular flexibility index (Phi) is 7.92. The maximum Gasteiger partial charge on any atom is 0.405 e. The summed E-state index contributed by atoms with van der Waals surface area (Å²) in [5.41, 5.74) is -0.935. The molecule has 2 atom stereocenters. The number of amides is 1. The van der Waals surface area contributed by atoms with Crippen LogP contribution in [0.5, 0.6) is 5.75 Å². The van der Waals surface area contributed by atoms with Crippen LogP contribution in [0.4, 0.5) is 4.79 Å². The molecule has 0 radical (unpaired) electrons. The van der Waals surface area contributed by atoms with Crippen LogP contribution >= 0.6 is 11.8 Å². The van der Waals surface area contributed by atoms with E-state index in [1.165, 1.54) is 11.8 Å². The van der Waals surface area contributed by atoms with Crippen LogP contribution in [-0.2, 0) is 20.7 Å². The zero-order valence-electron chi connectivity index (χ0n) is 19.3. The molecule has 1 aromatic heterocycles. The summed E-state index contributed by atoms with van der Waals surface area (Å²) in [5, 5.41) is 11.9. The summed E-state index contributed by atoms with van der Waals surface area (Å²) in [6.07, 6.45) is 5.01. The van der Waals surface area contributed by atoms with Gasteiger partial charge in [-0.2, -0.15) is 11.8 Å². The fourth-order valence-corrected chi connectivity index (χ4v) is 5.19. The van der Waals surface area contributed by atoms with Crippen molar-refractivity contribution < 1.29 is 28.9 Å². The first-order valence-electron chi connectivity index (χ1n) is 11.3. The highest BCUT2D eigenvalue weighted by molar-refractivity contribution is 7.99. The van der Waals surface area contributed by atoms with E-state index in [1.54, 1.807) is 20.0 Å². The maximum atomic E-state index is 13.1. The summed E-state index contributed by atoms with van der Waals surface area (Å²) in [5.74, 6) is 0.807. The number of carbonyl (C=O) groups excluding carboxylic acids is 1. The van der Waals surface area contributed by atoms with Gasteiger partial charge in [0.15, 0.2) is 5.60 Å². The third-order valence-electron chi connectivity index (χ3n) is 5.96. The summed E-state index contributed by atoms with van der Waals surface area (Å²) in [6.45, 7) is 7.53. The number of hydrogen-bond donors (Lipinski definition) is 2. The van der Waals surface area contributed by atoms with E-state index in [-0.39, 0.29) is 12.5 Å². The molecule has 3 rings (SSSR count). The van der Waals surface area contributed by atoms with E-state index in [1.807, 2.05) is 19.1 Å². The van der Waals surface area contributed by atoms with Crippen molar-refractivity contribution in [3.05, 3.63) is 24.0 Å². The summed E-state index contributed by atoms with van der Waals surface area (Å²) < 4.78 is 17.8. The fourth-order valence-electron chi connectivity index (χ4n) is 4.37. The minimum absolute atomic E-state index is 0.0728. The number of carbonyl (C=O) groups is 2. The second-order valence-electron chi connectivity index (χ2n) is 9.10. The molecule has 1 unspecified atom stereocenters. The number of carboxylic acid groups (broad SMARTS) is 1. The van der Waals surface area contributed by atoms with Crippen molar-refractivity contribution in [2.24, 2.45) is 5.92 Å². The van der Waals surface area contributed by atoms with E-state index < -0.39 is 29.5 Å². The highest BCUT2D eigenvalue weighted by Crippen LogP contribution is 2.38. The number of rotatable bonds is 9. The van der Waals surface area contributed by atoms with Gasteiger partial charge < -0.3 is 24.6 Å². The second-order valence-corrected chi connectivity index (χ2v) is 10.4. The molecule has 1 amide bonds. The lowest BCUT2D eigenvalue weighted by atomic mass is 9.88. The zero-order chi connectivity index (χ0) is 23.4. The van der Waals surface area contributed by atoms with Gasteiger partial charge in [0.1, 0.15) is 5.75 Å². The molecule has 2 heterocycles. The van der Waals surface area contributed by atoms with E-state index in [0.717, 1.165) is 37.4 Å². The largest absolute Gasteiger partial charge is 0.490 e. The molecule has 1 aliphatic heterocycles. The molecular formula is C23H34N2O6S. The van der Waals surface area contributed by atoms with Crippen LogP contribution in [0.25, 0.3) is 0 Å². The first-order chi connectivity index (χ1) is 15.1. The lowest BCUT2D eigenvalue weighted by Crippen LogP contribution is -2.59. The Bertz CT molecular complexity index is 811. The third kappa shape index (κ3) is 6.07. The highest BCUT2D eigenvalue weighted by Gasteiger charge is 2.59. The number of aromatic nitrogens is 1. The lowest BCUT2D eigenvalue weighted by Gasteiger charge is -2.34. The Morgan fingerprint density at radius 1 is 1.38 bits per heavy atom. The molecule has 2 fully saturated rings. The molecule has 0 bridgehead atoms.